The number of para-hydroxylation sites is 1. The fourth-order valence-electron chi connectivity index (χ4n) is 2.83. The van der Waals surface area contributed by atoms with Crippen molar-refractivity contribution < 1.29 is 14.3 Å². The van der Waals surface area contributed by atoms with Gasteiger partial charge in [-0.15, -0.1) is 0 Å². The first-order valence-electron chi connectivity index (χ1n) is 7.64. The fourth-order valence-corrected chi connectivity index (χ4v) is 3.03. The Hall–Kier alpha value is -2.59. The maximum absolute atomic E-state index is 12.5. The lowest BCUT2D eigenvalue weighted by Crippen LogP contribution is -2.15. The summed E-state index contributed by atoms with van der Waals surface area (Å²) in [4.78, 5) is 24.1. The molecular formula is C19H16ClNO3. The van der Waals surface area contributed by atoms with E-state index in [4.69, 9.17) is 16.3 Å². The highest BCUT2D eigenvalue weighted by Gasteiger charge is 2.23. The summed E-state index contributed by atoms with van der Waals surface area (Å²) in [6.45, 7) is 2.35. The molecule has 0 spiro atoms. The molecule has 0 bridgehead atoms. The van der Waals surface area contributed by atoms with Crippen LogP contribution in [0.3, 0.4) is 0 Å². The van der Waals surface area contributed by atoms with Gasteiger partial charge in [0.25, 0.3) is 0 Å². The second kappa shape index (κ2) is 6.89. The highest BCUT2D eigenvalue weighted by atomic mass is 35.5. The summed E-state index contributed by atoms with van der Waals surface area (Å²) in [5.41, 5.74) is 2.26. The van der Waals surface area contributed by atoms with Crippen molar-refractivity contribution in [2.75, 3.05) is 6.61 Å². The minimum Gasteiger partial charge on any atom is -0.461 e. The number of nitrogens with zero attached hydrogens (tertiary/aromatic N) is 1. The van der Waals surface area contributed by atoms with Crippen molar-refractivity contribution in [1.29, 1.82) is 0 Å². The van der Waals surface area contributed by atoms with E-state index >= 15 is 0 Å². The molecule has 4 nitrogen and oxygen atoms in total. The Morgan fingerprint density at radius 2 is 1.88 bits per heavy atom. The Morgan fingerprint density at radius 3 is 2.58 bits per heavy atom. The van der Waals surface area contributed by atoms with Gasteiger partial charge < -0.3 is 9.30 Å². The topological polar surface area (TPSA) is 48.3 Å². The van der Waals surface area contributed by atoms with E-state index in [0.717, 1.165) is 16.5 Å². The smallest absolute Gasteiger partial charge is 0.355 e. The van der Waals surface area contributed by atoms with Crippen LogP contribution in [0.2, 0.25) is 5.02 Å². The highest BCUT2D eigenvalue weighted by molar-refractivity contribution is 6.31. The Kier molecular flexibility index (Phi) is 4.67. The molecule has 0 aliphatic rings. The van der Waals surface area contributed by atoms with Gasteiger partial charge >= 0.3 is 5.97 Å². The SMILES string of the molecule is CCOC(=O)c1c(C=O)c2ccccc2n1Cc1ccccc1Cl. The summed E-state index contributed by atoms with van der Waals surface area (Å²) < 4.78 is 6.95. The number of benzene rings is 2. The molecule has 0 N–H and O–H groups in total. The first-order chi connectivity index (χ1) is 11.7. The predicted octanol–water partition coefficient (Wildman–Crippen LogP) is 4.33. The summed E-state index contributed by atoms with van der Waals surface area (Å²) in [7, 11) is 0. The van der Waals surface area contributed by atoms with Gasteiger partial charge in [-0.05, 0) is 24.6 Å². The zero-order chi connectivity index (χ0) is 17.1. The lowest BCUT2D eigenvalue weighted by molar-refractivity contribution is 0.0513. The predicted molar refractivity (Wildman–Crippen MR) is 93.8 cm³/mol. The molecular weight excluding hydrogens is 326 g/mol. The van der Waals surface area contributed by atoms with E-state index in [1.54, 1.807) is 17.6 Å². The lowest BCUT2D eigenvalue weighted by Gasteiger charge is -2.12. The Balaban J connectivity index is 2.24. The van der Waals surface area contributed by atoms with E-state index in [9.17, 15) is 9.59 Å². The quantitative estimate of drug-likeness (QED) is 0.512. The molecule has 3 rings (SSSR count). The number of aldehydes is 1. The monoisotopic (exact) mass is 341 g/mol. The van der Waals surface area contributed by atoms with Gasteiger partial charge in [0.15, 0.2) is 6.29 Å². The van der Waals surface area contributed by atoms with Crippen LogP contribution in [0.15, 0.2) is 48.5 Å². The molecule has 0 unspecified atom stereocenters. The van der Waals surface area contributed by atoms with Crippen LogP contribution in [0, 0.1) is 0 Å². The summed E-state index contributed by atoms with van der Waals surface area (Å²) in [6.07, 6.45) is 0.706. The third-order valence-electron chi connectivity index (χ3n) is 3.88. The molecule has 3 aromatic rings. The Labute approximate surface area is 144 Å². The maximum Gasteiger partial charge on any atom is 0.355 e. The summed E-state index contributed by atoms with van der Waals surface area (Å²) >= 11 is 6.26. The average molecular weight is 342 g/mol. The number of fused-ring (bicyclic) bond motifs is 1. The van der Waals surface area contributed by atoms with Crippen LogP contribution in [0.4, 0.5) is 0 Å². The second-order valence-corrected chi connectivity index (χ2v) is 5.70. The zero-order valence-corrected chi connectivity index (χ0v) is 13.9. The van der Waals surface area contributed by atoms with Crippen LogP contribution < -0.4 is 0 Å². The first-order valence-corrected chi connectivity index (χ1v) is 8.02. The van der Waals surface area contributed by atoms with Gasteiger partial charge in [0.05, 0.1) is 12.2 Å². The lowest BCUT2D eigenvalue weighted by atomic mass is 10.1. The van der Waals surface area contributed by atoms with Gasteiger partial charge in [0, 0.05) is 22.5 Å². The van der Waals surface area contributed by atoms with Gasteiger partial charge in [-0.3, -0.25) is 4.79 Å². The molecule has 0 fully saturated rings. The molecule has 0 radical (unpaired) electrons. The summed E-state index contributed by atoms with van der Waals surface area (Å²) in [6, 6.07) is 14.8. The van der Waals surface area contributed by atoms with Gasteiger partial charge in [0.1, 0.15) is 5.69 Å². The first kappa shape index (κ1) is 16.3. The number of esters is 1. The molecule has 2 aromatic carbocycles. The molecule has 0 amide bonds. The molecule has 24 heavy (non-hydrogen) atoms. The van der Waals surface area contributed by atoms with Gasteiger partial charge in [-0.2, -0.15) is 0 Å². The van der Waals surface area contributed by atoms with E-state index in [0.29, 0.717) is 23.4 Å². The number of halogens is 1. The Bertz CT molecular complexity index is 914. The molecule has 0 aliphatic carbocycles. The van der Waals surface area contributed by atoms with Gasteiger partial charge in [-0.25, -0.2) is 4.79 Å². The van der Waals surface area contributed by atoms with Crippen molar-refractivity contribution in [3.05, 3.63) is 70.4 Å². The van der Waals surface area contributed by atoms with Crippen LogP contribution in [-0.2, 0) is 11.3 Å². The maximum atomic E-state index is 12.5. The van der Waals surface area contributed by atoms with E-state index in [-0.39, 0.29) is 12.3 Å². The van der Waals surface area contributed by atoms with Crippen LogP contribution in [0.5, 0.6) is 0 Å². The fraction of sp³-hybridized carbons (Fsp3) is 0.158. The van der Waals surface area contributed by atoms with Gasteiger partial charge in [0.2, 0.25) is 0 Å². The molecule has 1 heterocycles. The van der Waals surface area contributed by atoms with Crippen molar-refractivity contribution in [3.8, 4) is 0 Å². The van der Waals surface area contributed by atoms with Gasteiger partial charge in [-0.1, -0.05) is 48.0 Å². The van der Waals surface area contributed by atoms with E-state index in [2.05, 4.69) is 0 Å². The van der Waals surface area contributed by atoms with Crippen molar-refractivity contribution >= 4 is 34.8 Å². The van der Waals surface area contributed by atoms with Crippen LogP contribution in [0.25, 0.3) is 10.9 Å². The largest absolute Gasteiger partial charge is 0.461 e. The molecule has 1 aromatic heterocycles. The molecule has 0 saturated carbocycles. The minimum absolute atomic E-state index is 0.241. The van der Waals surface area contributed by atoms with Crippen LogP contribution in [-0.4, -0.2) is 23.4 Å². The molecule has 0 atom stereocenters. The van der Waals surface area contributed by atoms with Crippen molar-refractivity contribution in [2.24, 2.45) is 0 Å². The standard InChI is InChI=1S/C19H16ClNO3/c1-2-24-19(23)18-15(12-22)14-8-4-6-10-17(14)21(18)11-13-7-3-5-9-16(13)20/h3-10,12H,2,11H2,1H3. The zero-order valence-electron chi connectivity index (χ0n) is 13.2. The molecule has 122 valence electrons. The number of rotatable bonds is 5. The third-order valence-corrected chi connectivity index (χ3v) is 4.25. The number of carbonyl (C=O) groups is 2. The van der Waals surface area contributed by atoms with E-state index in [1.165, 1.54) is 0 Å². The number of hydrogen-bond donors (Lipinski definition) is 0. The minimum atomic E-state index is -0.511. The number of aromatic nitrogens is 1. The molecule has 0 aliphatic heterocycles. The third kappa shape index (κ3) is 2.81. The van der Waals surface area contributed by atoms with E-state index < -0.39 is 5.97 Å². The van der Waals surface area contributed by atoms with Crippen molar-refractivity contribution in [3.63, 3.8) is 0 Å². The number of carbonyl (C=O) groups excluding carboxylic acids is 2. The summed E-state index contributed by atoms with van der Waals surface area (Å²) in [5.74, 6) is -0.511. The van der Waals surface area contributed by atoms with E-state index in [1.807, 2.05) is 42.5 Å². The molecule has 0 saturated heterocycles. The van der Waals surface area contributed by atoms with Crippen LogP contribution >= 0.6 is 11.6 Å². The van der Waals surface area contributed by atoms with Crippen LogP contribution in [0.1, 0.15) is 33.3 Å². The Morgan fingerprint density at radius 1 is 1.17 bits per heavy atom. The average Bonchev–Trinajstić information content (AvgIpc) is 2.91. The number of hydrogen-bond acceptors (Lipinski definition) is 3. The highest BCUT2D eigenvalue weighted by Crippen LogP contribution is 2.28. The number of ether oxygens (including phenoxy) is 1. The summed E-state index contributed by atoms with van der Waals surface area (Å²) in [5, 5.41) is 1.33. The second-order valence-electron chi connectivity index (χ2n) is 5.30. The normalized spacial score (nSPS) is 10.8. The van der Waals surface area contributed by atoms with Crippen molar-refractivity contribution in [1.82, 2.24) is 4.57 Å². The van der Waals surface area contributed by atoms with Crippen molar-refractivity contribution in [2.45, 2.75) is 13.5 Å². The molecule has 5 heteroatoms.